The molecule has 1 aliphatic heterocycles. The number of methoxy groups -OCH3 is 1. The Hall–Kier alpha value is -2.61. The molecule has 1 aliphatic rings. The number of nitrogens with zero attached hydrogens (tertiary/aromatic N) is 1. The van der Waals surface area contributed by atoms with Crippen molar-refractivity contribution in [2.75, 3.05) is 40.0 Å². The number of hydrogen-bond acceptors (Lipinski definition) is 6. The van der Waals surface area contributed by atoms with Crippen molar-refractivity contribution >= 4 is 17.8 Å². The minimum Gasteiger partial charge on any atom is -0.493 e. The molecule has 0 radical (unpaired) electrons. The van der Waals surface area contributed by atoms with Crippen molar-refractivity contribution in [3.63, 3.8) is 0 Å². The van der Waals surface area contributed by atoms with E-state index in [1.165, 1.54) is 12.0 Å². The summed E-state index contributed by atoms with van der Waals surface area (Å²) >= 11 is 0. The van der Waals surface area contributed by atoms with Crippen molar-refractivity contribution in [3.8, 4) is 5.75 Å². The van der Waals surface area contributed by atoms with Crippen LogP contribution in [0.4, 0.5) is 0 Å². The molecule has 1 saturated heterocycles. The lowest BCUT2D eigenvalue weighted by Gasteiger charge is -2.39. The molecule has 0 aliphatic carbocycles. The molecule has 0 spiro atoms. The van der Waals surface area contributed by atoms with Crippen molar-refractivity contribution in [3.05, 3.63) is 29.3 Å². The molecule has 1 fully saturated rings. The van der Waals surface area contributed by atoms with Crippen molar-refractivity contribution in [2.45, 2.75) is 53.0 Å². The number of hydrogen-bond donors (Lipinski definition) is 1. The molecule has 1 aromatic rings. The zero-order valence-electron chi connectivity index (χ0n) is 19.9. The molecule has 1 aromatic carbocycles. The Bertz CT molecular complexity index is 808. The van der Waals surface area contributed by atoms with Gasteiger partial charge in [0.2, 0.25) is 11.8 Å². The summed E-state index contributed by atoms with van der Waals surface area (Å²) in [4.78, 5) is 39.4. The van der Waals surface area contributed by atoms with Gasteiger partial charge in [-0.05, 0) is 43.9 Å². The summed E-state index contributed by atoms with van der Waals surface area (Å²) in [7, 11) is 1.51. The molecular weight excluding hydrogens is 412 g/mol. The monoisotopic (exact) mass is 448 g/mol. The van der Waals surface area contributed by atoms with Crippen LogP contribution in [-0.4, -0.2) is 68.7 Å². The van der Waals surface area contributed by atoms with Crippen molar-refractivity contribution in [2.24, 2.45) is 5.41 Å². The molecule has 0 saturated carbocycles. The molecule has 1 heterocycles. The molecule has 32 heavy (non-hydrogen) atoms. The maximum atomic E-state index is 13.3. The first-order chi connectivity index (χ1) is 15.2. The van der Waals surface area contributed by atoms with Crippen LogP contribution in [0.1, 0.15) is 44.2 Å². The van der Waals surface area contributed by atoms with E-state index in [1.807, 2.05) is 45.9 Å². The molecule has 2 rings (SSSR count). The van der Waals surface area contributed by atoms with Crippen LogP contribution < -0.4 is 10.1 Å². The number of ether oxygens (including phenoxy) is 3. The third-order valence-corrected chi connectivity index (χ3v) is 5.63. The third-order valence-electron chi connectivity index (χ3n) is 5.63. The van der Waals surface area contributed by atoms with Gasteiger partial charge in [0.1, 0.15) is 18.4 Å². The van der Waals surface area contributed by atoms with E-state index < -0.39 is 17.4 Å². The number of carbonyl (C=O) groups excluding carboxylic acids is 3. The highest BCUT2D eigenvalue weighted by Crippen LogP contribution is 2.28. The number of amides is 2. The minimum atomic E-state index is -0.864. The fraction of sp³-hybridized carbons (Fsp3) is 0.625. The molecule has 1 unspecified atom stereocenters. The number of aryl methyl sites for hydroxylation is 2. The second-order valence-electron chi connectivity index (χ2n) is 8.83. The quantitative estimate of drug-likeness (QED) is 0.413. The van der Waals surface area contributed by atoms with Gasteiger partial charge < -0.3 is 24.4 Å². The molecular formula is C24H36N2O6. The Morgan fingerprint density at radius 2 is 1.94 bits per heavy atom. The molecule has 8 heteroatoms. The van der Waals surface area contributed by atoms with E-state index in [0.29, 0.717) is 32.5 Å². The average molecular weight is 449 g/mol. The Balaban J connectivity index is 1.93. The Kier molecular flexibility index (Phi) is 9.50. The van der Waals surface area contributed by atoms with Gasteiger partial charge in [-0.3, -0.25) is 14.4 Å². The van der Waals surface area contributed by atoms with E-state index in [2.05, 4.69) is 5.32 Å². The minimum absolute atomic E-state index is 0.115. The fourth-order valence-electron chi connectivity index (χ4n) is 3.67. The van der Waals surface area contributed by atoms with Gasteiger partial charge in [-0.25, -0.2) is 0 Å². The molecule has 8 nitrogen and oxygen atoms in total. The van der Waals surface area contributed by atoms with E-state index in [4.69, 9.17) is 14.2 Å². The van der Waals surface area contributed by atoms with Crippen molar-refractivity contribution in [1.82, 2.24) is 10.2 Å². The Labute approximate surface area is 190 Å². The van der Waals surface area contributed by atoms with Gasteiger partial charge in [-0.2, -0.15) is 0 Å². The van der Waals surface area contributed by atoms with Gasteiger partial charge in [0.15, 0.2) is 0 Å². The molecule has 178 valence electrons. The number of esters is 1. The molecule has 1 N–H and O–H groups in total. The summed E-state index contributed by atoms with van der Waals surface area (Å²) in [5.41, 5.74) is 1.52. The Morgan fingerprint density at radius 3 is 2.66 bits per heavy atom. The van der Waals surface area contributed by atoms with Gasteiger partial charge in [-0.1, -0.05) is 26.0 Å². The summed E-state index contributed by atoms with van der Waals surface area (Å²) in [5.74, 6) is -0.147. The maximum Gasteiger partial charge on any atom is 0.308 e. The number of carbonyl (C=O) groups is 3. The normalized spacial score (nSPS) is 16.5. The van der Waals surface area contributed by atoms with Gasteiger partial charge >= 0.3 is 5.97 Å². The maximum absolute atomic E-state index is 13.3. The standard InChI is InChI=1S/C24H36N2O6/c1-17-7-8-18(2)20(15-17)31-12-6-9-24(3,4)23(29)26-11-10-25-22(28)19(26)16-21(27)32-14-13-30-5/h7-8,15,19H,6,9-14,16H2,1-5H3,(H,25,28). The summed E-state index contributed by atoms with van der Waals surface area (Å²) in [6.07, 6.45) is 1.11. The average Bonchev–Trinajstić information content (AvgIpc) is 2.74. The van der Waals surface area contributed by atoms with Crippen LogP contribution >= 0.6 is 0 Å². The van der Waals surface area contributed by atoms with E-state index in [0.717, 1.165) is 16.9 Å². The summed E-state index contributed by atoms with van der Waals surface area (Å²) in [6.45, 7) is 9.38. The van der Waals surface area contributed by atoms with Crippen molar-refractivity contribution in [1.29, 1.82) is 0 Å². The van der Waals surface area contributed by atoms with Crippen LogP contribution in [0.5, 0.6) is 5.75 Å². The van der Waals surface area contributed by atoms with E-state index in [-0.39, 0.29) is 31.4 Å². The third kappa shape index (κ3) is 7.22. The van der Waals surface area contributed by atoms with Crippen LogP contribution in [0.3, 0.4) is 0 Å². The van der Waals surface area contributed by atoms with Gasteiger partial charge in [0.25, 0.3) is 0 Å². The molecule has 2 amide bonds. The number of benzene rings is 1. The van der Waals surface area contributed by atoms with Crippen LogP contribution in [0.2, 0.25) is 0 Å². The number of piperazine rings is 1. The highest BCUT2D eigenvalue weighted by Gasteiger charge is 2.40. The predicted molar refractivity (Wildman–Crippen MR) is 120 cm³/mol. The second kappa shape index (κ2) is 11.9. The van der Waals surface area contributed by atoms with Gasteiger partial charge in [0, 0.05) is 25.6 Å². The van der Waals surface area contributed by atoms with Crippen LogP contribution in [0.25, 0.3) is 0 Å². The van der Waals surface area contributed by atoms with E-state index in [1.54, 1.807) is 0 Å². The number of nitrogens with one attached hydrogen (secondary N) is 1. The smallest absolute Gasteiger partial charge is 0.308 e. The lowest BCUT2D eigenvalue weighted by Crippen LogP contribution is -2.60. The highest BCUT2D eigenvalue weighted by molar-refractivity contribution is 5.93. The summed E-state index contributed by atoms with van der Waals surface area (Å²) in [5, 5.41) is 2.74. The second-order valence-corrected chi connectivity index (χ2v) is 8.83. The van der Waals surface area contributed by atoms with Gasteiger partial charge in [-0.15, -0.1) is 0 Å². The first-order valence-corrected chi connectivity index (χ1v) is 11.1. The van der Waals surface area contributed by atoms with E-state index in [9.17, 15) is 14.4 Å². The van der Waals surface area contributed by atoms with E-state index >= 15 is 0 Å². The van der Waals surface area contributed by atoms with Crippen molar-refractivity contribution < 1.29 is 28.6 Å². The lowest BCUT2D eigenvalue weighted by molar-refractivity contribution is -0.156. The van der Waals surface area contributed by atoms with Gasteiger partial charge in [0.05, 0.1) is 19.6 Å². The molecule has 0 bridgehead atoms. The fourth-order valence-corrected chi connectivity index (χ4v) is 3.67. The molecule has 1 atom stereocenters. The zero-order chi connectivity index (χ0) is 23.7. The predicted octanol–water partition coefficient (Wildman–Crippen LogP) is 2.40. The lowest BCUT2D eigenvalue weighted by atomic mass is 9.85. The first kappa shape index (κ1) is 25.6. The molecule has 0 aromatic heterocycles. The zero-order valence-corrected chi connectivity index (χ0v) is 19.9. The largest absolute Gasteiger partial charge is 0.493 e. The highest BCUT2D eigenvalue weighted by atomic mass is 16.6. The van der Waals surface area contributed by atoms with Crippen LogP contribution in [-0.2, 0) is 23.9 Å². The summed E-state index contributed by atoms with van der Waals surface area (Å²) < 4.78 is 15.9. The van der Waals surface area contributed by atoms with Crippen LogP contribution in [0.15, 0.2) is 18.2 Å². The first-order valence-electron chi connectivity index (χ1n) is 11.1. The SMILES string of the molecule is COCCOC(=O)CC1C(=O)NCCN1C(=O)C(C)(C)CCCOc1cc(C)ccc1C. The summed E-state index contributed by atoms with van der Waals surface area (Å²) in [6, 6.07) is 5.22. The Morgan fingerprint density at radius 1 is 1.19 bits per heavy atom. The topological polar surface area (TPSA) is 94.2 Å². The number of rotatable bonds is 11. The van der Waals surface area contributed by atoms with Crippen LogP contribution in [0, 0.1) is 19.3 Å².